The van der Waals surface area contributed by atoms with Crippen LogP contribution in [0.4, 0.5) is 0 Å². The fourth-order valence-electron chi connectivity index (χ4n) is 3.59. The zero-order valence-corrected chi connectivity index (χ0v) is 14.7. The molecule has 2 heterocycles. The Morgan fingerprint density at radius 2 is 1.84 bits per heavy atom. The Bertz CT molecular complexity index is 798. The zero-order valence-electron chi connectivity index (χ0n) is 14.7. The number of carbonyl (C=O) groups excluding carboxylic acids is 1. The van der Waals surface area contributed by atoms with E-state index in [0.717, 1.165) is 24.3 Å². The molecule has 1 aromatic heterocycles. The number of rotatable bonds is 5. The lowest BCUT2D eigenvalue weighted by molar-refractivity contribution is -0.143. The van der Waals surface area contributed by atoms with Gasteiger partial charge in [0.2, 0.25) is 0 Å². The number of aromatic nitrogens is 1. The van der Waals surface area contributed by atoms with Gasteiger partial charge in [-0.2, -0.15) is 0 Å². The van der Waals surface area contributed by atoms with Crippen LogP contribution in [-0.4, -0.2) is 30.2 Å². The van der Waals surface area contributed by atoms with E-state index in [1.165, 1.54) is 10.1 Å². The van der Waals surface area contributed by atoms with Gasteiger partial charge in [0.25, 0.3) is 5.56 Å². The van der Waals surface area contributed by atoms with Gasteiger partial charge in [0.05, 0.1) is 6.61 Å². The number of pyridine rings is 1. The molecule has 1 aromatic carbocycles. The minimum atomic E-state index is -0.384. The van der Waals surface area contributed by atoms with Crippen molar-refractivity contribution >= 4 is 5.97 Å². The molecule has 2 unspecified atom stereocenters. The van der Waals surface area contributed by atoms with Crippen LogP contribution < -0.4 is 10.9 Å². The van der Waals surface area contributed by atoms with Crippen molar-refractivity contribution in [3.05, 3.63) is 69.6 Å². The van der Waals surface area contributed by atoms with Crippen molar-refractivity contribution in [3.63, 3.8) is 0 Å². The van der Waals surface area contributed by atoms with Gasteiger partial charge < -0.3 is 14.6 Å². The maximum Gasteiger partial charge on any atom is 0.326 e. The molecule has 25 heavy (non-hydrogen) atoms. The lowest BCUT2D eigenvalue weighted by atomic mass is 9.84. The summed E-state index contributed by atoms with van der Waals surface area (Å²) in [5.41, 5.74) is 2.95. The number of carbonyl (C=O) groups is 1. The highest BCUT2D eigenvalue weighted by molar-refractivity contribution is 5.69. The van der Waals surface area contributed by atoms with Gasteiger partial charge in [0.15, 0.2) is 0 Å². The molecule has 2 atom stereocenters. The van der Waals surface area contributed by atoms with Crippen molar-refractivity contribution in [1.82, 2.24) is 9.88 Å². The Balaban J connectivity index is 1.88. The summed E-state index contributed by atoms with van der Waals surface area (Å²) in [6.45, 7) is 5.65. The summed E-state index contributed by atoms with van der Waals surface area (Å²) >= 11 is 0. The first-order valence-electron chi connectivity index (χ1n) is 8.72. The Hall–Kier alpha value is -2.40. The number of nitrogens with one attached hydrogen (secondary N) is 1. The summed E-state index contributed by atoms with van der Waals surface area (Å²) < 4.78 is 6.43. The van der Waals surface area contributed by atoms with Crippen molar-refractivity contribution in [3.8, 4) is 0 Å². The smallest absolute Gasteiger partial charge is 0.326 e. The van der Waals surface area contributed by atoms with Crippen LogP contribution in [0.5, 0.6) is 0 Å². The molecule has 0 aliphatic carbocycles. The Kier molecular flexibility index (Phi) is 5.34. The highest BCUT2D eigenvalue weighted by Crippen LogP contribution is 2.35. The summed E-state index contributed by atoms with van der Waals surface area (Å²) in [6, 6.07) is 14.1. The van der Waals surface area contributed by atoms with Crippen LogP contribution in [0.3, 0.4) is 0 Å². The van der Waals surface area contributed by atoms with Gasteiger partial charge in [-0.05, 0) is 31.0 Å². The third-order valence-electron chi connectivity index (χ3n) is 4.82. The van der Waals surface area contributed by atoms with Crippen LogP contribution >= 0.6 is 0 Å². The molecule has 0 radical (unpaired) electrons. The molecule has 0 amide bonds. The van der Waals surface area contributed by atoms with E-state index in [4.69, 9.17) is 4.74 Å². The number of hydrogen-bond acceptors (Lipinski definition) is 4. The van der Waals surface area contributed by atoms with Crippen molar-refractivity contribution in [1.29, 1.82) is 0 Å². The van der Waals surface area contributed by atoms with E-state index in [2.05, 4.69) is 17.4 Å². The van der Waals surface area contributed by atoms with Crippen LogP contribution in [0.2, 0.25) is 0 Å². The molecule has 5 nitrogen and oxygen atoms in total. The molecule has 3 rings (SSSR count). The SMILES string of the molecule is CCOC(=O)Cn1c(C)cc(C2CNCC2c2ccccc2)cc1=O. The van der Waals surface area contributed by atoms with Crippen molar-refractivity contribution in [2.45, 2.75) is 32.2 Å². The van der Waals surface area contributed by atoms with Gasteiger partial charge in [-0.25, -0.2) is 0 Å². The van der Waals surface area contributed by atoms with Gasteiger partial charge in [-0.3, -0.25) is 9.59 Å². The summed E-state index contributed by atoms with van der Waals surface area (Å²) in [4.78, 5) is 24.2. The Morgan fingerprint density at radius 3 is 2.48 bits per heavy atom. The van der Waals surface area contributed by atoms with E-state index in [9.17, 15) is 9.59 Å². The second kappa shape index (κ2) is 7.66. The lowest BCUT2D eigenvalue weighted by Crippen LogP contribution is -2.28. The van der Waals surface area contributed by atoms with Gasteiger partial charge in [-0.15, -0.1) is 0 Å². The first-order chi connectivity index (χ1) is 12.1. The van der Waals surface area contributed by atoms with Gasteiger partial charge in [0, 0.05) is 36.7 Å². The number of hydrogen-bond donors (Lipinski definition) is 1. The summed E-state index contributed by atoms with van der Waals surface area (Å²) in [7, 11) is 0. The van der Waals surface area contributed by atoms with Gasteiger partial charge >= 0.3 is 5.97 Å². The predicted molar refractivity (Wildman–Crippen MR) is 96.9 cm³/mol. The molecule has 132 valence electrons. The Labute approximate surface area is 147 Å². The second-order valence-electron chi connectivity index (χ2n) is 6.44. The number of ether oxygens (including phenoxy) is 1. The molecular formula is C20H24N2O3. The van der Waals surface area contributed by atoms with E-state index < -0.39 is 0 Å². The third-order valence-corrected chi connectivity index (χ3v) is 4.82. The molecule has 0 saturated carbocycles. The monoisotopic (exact) mass is 340 g/mol. The fraction of sp³-hybridized carbons (Fsp3) is 0.400. The number of esters is 1. The van der Waals surface area contributed by atoms with E-state index in [0.29, 0.717) is 12.5 Å². The molecule has 5 heteroatoms. The number of aryl methyl sites for hydroxylation is 1. The molecule has 2 aromatic rings. The average Bonchev–Trinajstić information content (AvgIpc) is 3.09. The van der Waals surface area contributed by atoms with E-state index in [-0.39, 0.29) is 24.0 Å². The van der Waals surface area contributed by atoms with Gasteiger partial charge in [0.1, 0.15) is 6.54 Å². The highest BCUT2D eigenvalue weighted by atomic mass is 16.5. The molecule has 1 aliphatic heterocycles. The van der Waals surface area contributed by atoms with E-state index >= 15 is 0 Å². The summed E-state index contributed by atoms with van der Waals surface area (Å²) in [5, 5.41) is 3.44. The molecule has 0 bridgehead atoms. The van der Waals surface area contributed by atoms with Crippen LogP contribution in [-0.2, 0) is 16.1 Å². The largest absolute Gasteiger partial charge is 0.465 e. The third kappa shape index (κ3) is 3.82. The minimum Gasteiger partial charge on any atom is -0.465 e. The standard InChI is InChI=1S/C20H24N2O3/c1-3-25-20(24)13-22-14(2)9-16(10-19(22)23)18-12-21-11-17(18)15-7-5-4-6-8-15/h4-10,17-18,21H,3,11-13H2,1-2H3. The number of benzene rings is 1. The summed E-state index contributed by atoms with van der Waals surface area (Å²) in [5.74, 6) is 0.220. The van der Waals surface area contributed by atoms with E-state index in [1.807, 2.05) is 31.2 Å². The highest BCUT2D eigenvalue weighted by Gasteiger charge is 2.30. The predicted octanol–water partition coefficient (Wildman–Crippen LogP) is 2.19. The number of nitrogens with zero attached hydrogens (tertiary/aromatic N) is 1. The van der Waals surface area contributed by atoms with Crippen molar-refractivity contribution in [2.75, 3.05) is 19.7 Å². The van der Waals surface area contributed by atoms with Crippen LogP contribution in [0.15, 0.2) is 47.3 Å². The minimum absolute atomic E-state index is 0.0379. The van der Waals surface area contributed by atoms with Crippen molar-refractivity contribution < 1.29 is 9.53 Å². The maximum absolute atomic E-state index is 12.5. The zero-order chi connectivity index (χ0) is 17.8. The molecule has 1 aliphatic rings. The topological polar surface area (TPSA) is 60.3 Å². The van der Waals surface area contributed by atoms with Gasteiger partial charge in [-0.1, -0.05) is 30.3 Å². The lowest BCUT2D eigenvalue weighted by Gasteiger charge is -2.21. The van der Waals surface area contributed by atoms with E-state index in [1.54, 1.807) is 13.0 Å². The maximum atomic E-state index is 12.5. The second-order valence-corrected chi connectivity index (χ2v) is 6.44. The molecule has 1 N–H and O–H groups in total. The van der Waals surface area contributed by atoms with Crippen LogP contribution in [0.25, 0.3) is 0 Å². The molecule has 1 saturated heterocycles. The molecule has 0 spiro atoms. The first-order valence-corrected chi connectivity index (χ1v) is 8.72. The molecular weight excluding hydrogens is 316 g/mol. The van der Waals surface area contributed by atoms with Crippen LogP contribution in [0, 0.1) is 6.92 Å². The fourth-order valence-corrected chi connectivity index (χ4v) is 3.59. The normalized spacial score (nSPS) is 19.8. The van der Waals surface area contributed by atoms with Crippen molar-refractivity contribution in [2.24, 2.45) is 0 Å². The average molecular weight is 340 g/mol. The van der Waals surface area contributed by atoms with Crippen LogP contribution in [0.1, 0.15) is 35.6 Å². The first kappa shape index (κ1) is 17.4. The summed E-state index contributed by atoms with van der Waals surface area (Å²) in [6.07, 6.45) is 0. The Morgan fingerprint density at radius 1 is 1.16 bits per heavy atom. The quantitative estimate of drug-likeness (QED) is 0.848. The molecule has 1 fully saturated rings.